The standard InChI is InChI=1S/C9H7F3O3/c10-9(11,12)6-14-15-8(13)7-4-2-1-3-5-7/h1-5H,6H2. The molecule has 1 aromatic rings. The van der Waals surface area contributed by atoms with Gasteiger partial charge in [0.05, 0.1) is 5.56 Å². The van der Waals surface area contributed by atoms with Gasteiger partial charge in [-0.15, -0.1) is 0 Å². The van der Waals surface area contributed by atoms with Crippen LogP contribution < -0.4 is 0 Å². The maximum absolute atomic E-state index is 11.6. The number of alkyl halides is 3. The molecule has 82 valence electrons. The van der Waals surface area contributed by atoms with Crippen LogP contribution in [0, 0.1) is 0 Å². The summed E-state index contributed by atoms with van der Waals surface area (Å²) in [4.78, 5) is 18.7. The lowest BCUT2D eigenvalue weighted by Crippen LogP contribution is -2.19. The Labute approximate surface area is 83.3 Å². The molecule has 0 N–H and O–H groups in total. The van der Waals surface area contributed by atoms with E-state index in [4.69, 9.17) is 0 Å². The van der Waals surface area contributed by atoms with E-state index in [1.807, 2.05) is 0 Å². The van der Waals surface area contributed by atoms with Crippen molar-refractivity contribution in [2.24, 2.45) is 0 Å². The first kappa shape index (κ1) is 11.5. The summed E-state index contributed by atoms with van der Waals surface area (Å²) in [6.45, 7) is -1.62. The van der Waals surface area contributed by atoms with E-state index in [1.165, 1.54) is 12.1 Å². The van der Waals surface area contributed by atoms with Crippen molar-refractivity contribution in [3.8, 4) is 0 Å². The molecular formula is C9H7F3O3. The predicted molar refractivity (Wildman–Crippen MR) is 43.9 cm³/mol. The van der Waals surface area contributed by atoms with Crippen molar-refractivity contribution in [2.75, 3.05) is 6.61 Å². The van der Waals surface area contributed by atoms with E-state index < -0.39 is 18.8 Å². The minimum Gasteiger partial charge on any atom is -0.292 e. The fourth-order valence-electron chi connectivity index (χ4n) is 0.772. The zero-order chi connectivity index (χ0) is 11.3. The molecule has 0 radical (unpaired) electrons. The maximum Gasteiger partial charge on any atom is 0.415 e. The molecule has 1 rings (SSSR count). The van der Waals surface area contributed by atoms with Crippen LogP contribution >= 0.6 is 0 Å². The van der Waals surface area contributed by atoms with E-state index in [0.29, 0.717) is 0 Å². The zero-order valence-electron chi connectivity index (χ0n) is 7.45. The lowest BCUT2D eigenvalue weighted by Gasteiger charge is -2.05. The van der Waals surface area contributed by atoms with E-state index in [1.54, 1.807) is 18.2 Å². The molecule has 0 amide bonds. The molecule has 15 heavy (non-hydrogen) atoms. The fourth-order valence-corrected chi connectivity index (χ4v) is 0.772. The number of rotatable bonds is 3. The first-order valence-electron chi connectivity index (χ1n) is 3.94. The molecule has 0 atom stereocenters. The lowest BCUT2D eigenvalue weighted by molar-refractivity contribution is -0.302. The molecule has 0 spiro atoms. The van der Waals surface area contributed by atoms with Crippen LogP contribution in [0.15, 0.2) is 30.3 Å². The SMILES string of the molecule is O=C(OOCC(F)(F)F)c1ccccc1. The molecule has 0 fully saturated rings. The molecule has 0 bridgehead atoms. The van der Waals surface area contributed by atoms with Crippen molar-refractivity contribution < 1.29 is 27.7 Å². The van der Waals surface area contributed by atoms with E-state index >= 15 is 0 Å². The summed E-state index contributed by atoms with van der Waals surface area (Å²) in [5, 5.41) is 0. The molecule has 0 aromatic heterocycles. The van der Waals surface area contributed by atoms with Crippen molar-refractivity contribution in [2.45, 2.75) is 6.18 Å². The van der Waals surface area contributed by atoms with Crippen LogP contribution in [0.25, 0.3) is 0 Å². The van der Waals surface area contributed by atoms with E-state index in [0.717, 1.165) is 0 Å². The predicted octanol–water partition coefficient (Wildman–Crippen LogP) is 2.34. The molecule has 6 heteroatoms. The summed E-state index contributed by atoms with van der Waals surface area (Å²) >= 11 is 0. The summed E-state index contributed by atoms with van der Waals surface area (Å²) < 4.78 is 34.8. The topological polar surface area (TPSA) is 35.5 Å². The van der Waals surface area contributed by atoms with Crippen LogP contribution in [0.4, 0.5) is 13.2 Å². The maximum atomic E-state index is 11.6. The third-order valence-corrected chi connectivity index (χ3v) is 1.37. The second kappa shape index (κ2) is 4.79. The van der Waals surface area contributed by atoms with Gasteiger partial charge in [0, 0.05) is 0 Å². The Morgan fingerprint density at radius 1 is 1.20 bits per heavy atom. The second-order valence-electron chi connectivity index (χ2n) is 2.61. The number of hydrogen-bond acceptors (Lipinski definition) is 3. The second-order valence-corrected chi connectivity index (χ2v) is 2.61. The molecule has 0 heterocycles. The molecule has 0 saturated heterocycles. The van der Waals surface area contributed by atoms with Gasteiger partial charge in [-0.3, -0.25) is 4.89 Å². The Kier molecular flexibility index (Phi) is 3.68. The Bertz CT molecular complexity index is 321. The van der Waals surface area contributed by atoms with Crippen LogP contribution in [0.5, 0.6) is 0 Å². The van der Waals surface area contributed by atoms with Crippen LogP contribution in [-0.2, 0) is 9.78 Å². The van der Waals surface area contributed by atoms with Crippen molar-refractivity contribution in [1.82, 2.24) is 0 Å². The van der Waals surface area contributed by atoms with E-state index in [2.05, 4.69) is 9.78 Å². The van der Waals surface area contributed by atoms with Crippen molar-refractivity contribution in [1.29, 1.82) is 0 Å². The average Bonchev–Trinajstić information content (AvgIpc) is 2.17. The fraction of sp³-hybridized carbons (Fsp3) is 0.222. The summed E-state index contributed by atoms with van der Waals surface area (Å²) in [7, 11) is 0. The van der Waals surface area contributed by atoms with Gasteiger partial charge in [0.15, 0.2) is 6.61 Å². The summed E-state index contributed by atoms with van der Waals surface area (Å²) in [6.07, 6.45) is -4.52. The van der Waals surface area contributed by atoms with Crippen LogP contribution in [0.2, 0.25) is 0 Å². The van der Waals surface area contributed by atoms with E-state index in [-0.39, 0.29) is 5.56 Å². The van der Waals surface area contributed by atoms with Gasteiger partial charge in [-0.1, -0.05) is 18.2 Å². The highest BCUT2D eigenvalue weighted by atomic mass is 19.4. The molecule has 1 aromatic carbocycles. The van der Waals surface area contributed by atoms with Crippen LogP contribution in [0.3, 0.4) is 0 Å². The molecule has 0 aliphatic carbocycles. The third kappa shape index (κ3) is 4.46. The van der Waals surface area contributed by atoms with Gasteiger partial charge in [-0.25, -0.2) is 4.79 Å². The van der Waals surface area contributed by atoms with Crippen LogP contribution in [-0.4, -0.2) is 18.8 Å². The van der Waals surface area contributed by atoms with Gasteiger partial charge in [0.2, 0.25) is 0 Å². The minimum atomic E-state index is -4.52. The van der Waals surface area contributed by atoms with Gasteiger partial charge in [-0.2, -0.15) is 18.1 Å². The Balaban J connectivity index is 2.38. The van der Waals surface area contributed by atoms with Crippen molar-refractivity contribution in [3.05, 3.63) is 35.9 Å². The highest BCUT2D eigenvalue weighted by Crippen LogP contribution is 2.14. The van der Waals surface area contributed by atoms with Crippen molar-refractivity contribution in [3.63, 3.8) is 0 Å². The molecule has 0 aliphatic rings. The summed E-state index contributed by atoms with van der Waals surface area (Å²) in [6, 6.07) is 7.58. The molecular weight excluding hydrogens is 213 g/mol. The normalized spacial score (nSPS) is 11.1. The van der Waals surface area contributed by atoms with Gasteiger partial charge >= 0.3 is 12.1 Å². The Morgan fingerprint density at radius 2 is 1.80 bits per heavy atom. The van der Waals surface area contributed by atoms with Gasteiger partial charge in [-0.05, 0) is 12.1 Å². The first-order valence-corrected chi connectivity index (χ1v) is 3.94. The monoisotopic (exact) mass is 220 g/mol. The molecule has 0 aliphatic heterocycles. The minimum absolute atomic E-state index is 0.125. The number of benzene rings is 1. The largest absolute Gasteiger partial charge is 0.415 e. The molecule has 0 unspecified atom stereocenters. The number of halogens is 3. The Morgan fingerprint density at radius 3 is 2.33 bits per heavy atom. The average molecular weight is 220 g/mol. The zero-order valence-corrected chi connectivity index (χ0v) is 7.45. The van der Waals surface area contributed by atoms with E-state index in [9.17, 15) is 18.0 Å². The van der Waals surface area contributed by atoms with Crippen molar-refractivity contribution >= 4 is 5.97 Å². The third-order valence-electron chi connectivity index (χ3n) is 1.37. The lowest BCUT2D eigenvalue weighted by atomic mass is 10.2. The highest BCUT2D eigenvalue weighted by molar-refractivity contribution is 5.88. The van der Waals surface area contributed by atoms with Gasteiger partial charge < -0.3 is 0 Å². The number of hydrogen-bond donors (Lipinski definition) is 0. The first-order chi connectivity index (χ1) is 6.99. The van der Waals surface area contributed by atoms with Crippen LogP contribution in [0.1, 0.15) is 10.4 Å². The smallest absolute Gasteiger partial charge is 0.292 e. The summed E-state index contributed by atoms with van der Waals surface area (Å²) in [5.41, 5.74) is 0.125. The molecule has 0 saturated carbocycles. The summed E-state index contributed by atoms with van der Waals surface area (Å²) in [5.74, 6) is -0.958. The Hall–Kier alpha value is -1.56. The highest BCUT2D eigenvalue weighted by Gasteiger charge is 2.29. The molecule has 3 nitrogen and oxygen atoms in total. The van der Waals surface area contributed by atoms with Gasteiger partial charge in [0.1, 0.15) is 0 Å². The number of carbonyl (C=O) groups excluding carboxylic acids is 1. The number of carbonyl (C=O) groups is 1. The quantitative estimate of drug-likeness (QED) is 0.579. The van der Waals surface area contributed by atoms with Gasteiger partial charge in [0.25, 0.3) is 0 Å².